The lowest BCUT2D eigenvalue weighted by Crippen LogP contribution is -2.25. The normalized spacial score (nSPS) is 14.3. The van der Waals surface area contributed by atoms with E-state index in [1.165, 1.54) is 18.2 Å². The first-order valence-electron chi connectivity index (χ1n) is 6.29. The number of carbonyl (C=O) groups is 1. The van der Waals surface area contributed by atoms with Crippen molar-refractivity contribution in [2.75, 3.05) is 0 Å². The van der Waals surface area contributed by atoms with Gasteiger partial charge in [-0.25, -0.2) is 13.8 Å². The molecule has 1 heterocycles. The van der Waals surface area contributed by atoms with Crippen LogP contribution in [0, 0.1) is 18.6 Å². The third-order valence-corrected chi connectivity index (χ3v) is 4.27. The van der Waals surface area contributed by atoms with Crippen molar-refractivity contribution in [1.29, 1.82) is 0 Å². The van der Waals surface area contributed by atoms with Crippen molar-refractivity contribution in [1.82, 2.24) is 10.3 Å². The molecule has 1 aromatic carbocycles. The lowest BCUT2D eigenvalue weighted by atomic mass is 10.2. The second-order valence-electron chi connectivity index (χ2n) is 4.78. The smallest absolute Gasteiger partial charge is 0.263 e. The van der Waals surface area contributed by atoms with Gasteiger partial charge in [0.05, 0.1) is 11.3 Å². The number of benzene rings is 1. The third-order valence-electron chi connectivity index (χ3n) is 3.09. The molecule has 104 valence electrons. The molecule has 0 bridgehead atoms. The van der Waals surface area contributed by atoms with Crippen LogP contribution in [-0.2, 0) is 0 Å². The molecule has 1 saturated carbocycles. The van der Waals surface area contributed by atoms with Crippen LogP contribution in [0.15, 0.2) is 18.2 Å². The molecule has 3 rings (SSSR count). The molecular formula is C14H12F2N2OS. The van der Waals surface area contributed by atoms with Crippen LogP contribution in [0.3, 0.4) is 0 Å². The summed E-state index contributed by atoms with van der Waals surface area (Å²) in [6, 6.07) is 3.89. The molecule has 2 aromatic rings. The monoisotopic (exact) mass is 294 g/mol. The minimum atomic E-state index is -0.673. The second-order valence-corrected chi connectivity index (χ2v) is 5.78. The number of rotatable bonds is 3. The van der Waals surface area contributed by atoms with Crippen LogP contribution in [0.4, 0.5) is 8.78 Å². The SMILES string of the molecule is Cc1nc(-c2c(F)cccc2F)sc1C(=O)NC1CC1. The summed E-state index contributed by atoms with van der Waals surface area (Å²) in [5.41, 5.74) is 0.317. The van der Waals surface area contributed by atoms with E-state index in [-0.39, 0.29) is 22.5 Å². The fourth-order valence-corrected chi connectivity index (χ4v) is 2.91. The average Bonchev–Trinajstić information content (AvgIpc) is 3.11. The Kier molecular flexibility index (Phi) is 3.25. The van der Waals surface area contributed by atoms with Crippen LogP contribution >= 0.6 is 11.3 Å². The lowest BCUT2D eigenvalue weighted by Gasteiger charge is -2.00. The van der Waals surface area contributed by atoms with Gasteiger partial charge in [-0.15, -0.1) is 11.3 Å². The van der Waals surface area contributed by atoms with Crippen molar-refractivity contribution >= 4 is 17.2 Å². The Labute approximate surface area is 118 Å². The summed E-state index contributed by atoms with van der Waals surface area (Å²) in [7, 11) is 0. The highest BCUT2D eigenvalue weighted by Gasteiger charge is 2.26. The van der Waals surface area contributed by atoms with Gasteiger partial charge in [-0.3, -0.25) is 4.79 Å². The first-order valence-corrected chi connectivity index (χ1v) is 7.10. The number of hydrogen-bond donors (Lipinski definition) is 1. The molecule has 0 saturated heterocycles. The van der Waals surface area contributed by atoms with Crippen molar-refractivity contribution in [3.05, 3.63) is 40.4 Å². The molecular weight excluding hydrogens is 282 g/mol. The van der Waals surface area contributed by atoms with Crippen molar-refractivity contribution in [3.63, 3.8) is 0 Å². The van der Waals surface area contributed by atoms with Gasteiger partial charge in [0.1, 0.15) is 21.5 Å². The molecule has 3 nitrogen and oxygen atoms in total. The quantitative estimate of drug-likeness (QED) is 0.944. The highest BCUT2D eigenvalue weighted by molar-refractivity contribution is 7.17. The number of aryl methyl sites for hydroxylation is 1. The Balaban J connectivity index is 1.97. The van der Waals surface area contributed by atoms with Crippen molar-refractivity contribution < 1.29 is 13.6 Å². The van der Waals surface area contributed by atoms with E-state index in [9.17, 15) is 13.6 Å². The van der Waals surface area contributed by atoms with Gasteiger partial charge in [0.15, 0.2) is 0 Å². The van der Waals surface area contributed by atoms with Gasteiger partial charge in [-0.2, -0.15) is 0 Å². The maximum atomic E-state index is 13.7. The standard InChI is InChI=1S/C14H12F2N2OS/c1-7-12(13(19)18-8-5-6-8)20-14(17-7)11-9(15)3-2-4-10(11)16/h2-4,8H,5-6H2,1H3,(H,18,19). The van der Waals surface area contributed by atoms with E-state index in [1.807, 2.05) is 0 Å². The molecule has 0 aliphatic heterocycles. The molecule has 1 fully saturated rings. The molecule has 0 spiro atoms. The summed E-state index contributed by atoms with van der Waals surface area (Å²) < 4.78 is 27.4. The van der Waals surface area contributed by atoms with Crippen molar-refractivity contribution in [2.45, 2.75) is 25.8 Å². The van der Waals surface area contributed by atoms with E-state index in [0.29, 0.717) is 10.6 Å². The molecule has 20 heavy (non-hydrogen) atoms. The van der Waals surface area contributed by atoms with Crippen LogP contribution < -0.4 is 5.32 Å². The minimum absolute atomic E-state index is 0.175. The highest BCUT2D eigenvalue weighted by Crippen LogP contribution is 2.32. The maximum absolute atomic E-state index is 13.7. The molecule has 1 aromatic heterocycles. The number of amides is 1. The molecule has 0 atom stereocenters. The number of carbonyl (C=O) groups excluding carboxylic acids is 1. The maximum Gasteiger partial charge on any atom is 0.263 e. The van der Waals surface area contributed by atoms with E-state index in [4.69, 9.17) is 0 Å². The molecule has 6 heteroatoms. The molecule has 1 amide bonds. The Hall–Kier alpha value is -1.82. The average molecular weight is 294 g/mol. The molecule has 0 unspecified atom stereocenters. The first-order chi connectivity index (χ1) is 9.56. The third kappa shape index (κ3) is 2.43. The number of halogens is 2. The van der Waals surface area contributed by atoms with Crippen LogP contribution in [-0.4, -0.2) is 16.9 Å². The Morgan fingerprint density at radius 1 is 1.35 bits per heavy atom. The fraction of sp³-hybridized carbons (Fsp3) is 0.286. The minimum Gasteiger partial charge on any atom is -0.349 e. The summed E-state index contributed by atoms with van der Waals surface area (Å²) in [6.45, 7) is 1.67. The van der Waals surface area contributed by atoms with Gasteiger partial charge in [0.25, 0.3) is 5.91 Å². The number of hydrogen-bond acceptors (Lipinski definition) is 3. The summed E-state index contributed by atoms with van der Waals surface area (Å²) in [5, 5.41) is 3.04. The van der Waals surface area contributed by atoms with Crippen LogP contribution in [0.1, 0.15) is 28.2 Å². The van der Waals surface area contributed by atoms with E-state index in [0.717, 1.165) is 24.2 Å². The number of aromatic nitrogens is 1. The Bertz CT molecular complexity index is 660. The predicted molar refractivity (Wildman–Crippen MR) is 72.7 cm³/mol. The summed E-state index contributed by atoms with van der Waals surface area (Å²) in [4.78, 5) is 16.5. The van der Waals surface area contributed by atoms with E-state index in [1.54, 1.807) is 6.92 Å². The first kappa shape index (κ1) is 13.2. The van der Waals surface area contributed by atoms with Crippen molar-refractivity contribution in [2.24, 2.45) is 0 Å². The number of nitrogens with zero attached hydrogens (tertiary/aromatic N) is 1. The molecule has 0 radical (unpaired) electrons. The highest BCUT2D eigenvalue weighted by atomic mass is 32.1. The van der Waals surface area contributed by atoms with Gasteiger partial charge in [-0.1, -0.05) is 6.07 Å². The molecule has 1 aliphatic carbocycles. The van der Waals surface area contributed by atoms with Gasteiger partial charge >= 0.3 is 0 Å². The zero-order valence-electron chi connectivity index (χ0n) is 10.7. The van der Waals surface area contributed by atoms with Gasteiger partial charge in [0, 0.05) is 6.04 Å². The summed E-state index contributed by atoms with van der Waals surface area (Å²) in [5.74, 6) is -1.56. The lowest BCUT2D eigenvalue weighted by molar-refractivity contribution is 0.0954. The largest absolute Gasteiger partial charge is 0.349 e. The van der Waals surface area contributed by atoms with E-state index >= 15 is 0 Å². The molecule has 1 N–H and O–H groups in total. The second kappa shape index (κ2) is 4.94. The fourth-order valence-electron chi connectivity index (χ4n) is 1.89. The zero-order chi connectivity index (χ0) is 14.3. The van der Waals surface area contributed by atoms with E-state index in [2.05, 4.69) is 10.3 Å². The summed E-state index contributed by atoms with van der Waals surface area (Å²) >= 11 is 1.02. The van der Waals surface area contributed by atoms with Crippen LogP contribution in [0.25, 0.3) is 10.6 Å². The van der Waals surface area contributed by atoms with Gasteiger partial charge in [-0.05, 0) is 31.9 Å². The van der Waals surface area contributed by atoms with Crippen LogP contribution in [0.2, 0.25) is 0 Å². The van der Waals surface area contributed by atoms with E-state index < -0.39 is 11.6 Å². The van der Waals surface area contributed by atoms with Gasteiger partial charge in [0.2, 0.25) is 0 Å². The Morgan fingerprint density at radius 2 is 2.00 bits per heavy atom. The number of thiazole rings is 1. The topological polar surface area (TPSA) is 42.0 Å². The van der Waals surface area contributed by atoms with Crippen LogP contribution in [0.5, 0.6) is 0 Å². The number of nitrogens with one attached hydrogen (secondary N) is 1. The summed E-state index contributed by atoms with van der Waals surface area (Å²) in [6.07, 6.45) is 1.97. The predicted octanol–water partition coefficient (Wildman–Crippen LogP) is 3.29. The van der Waals surface area contributed by atoms with Crippen molar-refractivity contribution in [3.8, 4) is 10.6 Å². The Morgan fingerprint density at radius 3 is 2.60 bits per heavy atom. The zero-order valence-corrected chi connectivity index (χ0v) is 11.6. The van der Waals surface area contributed by atoms with Gasteiger partial charge < -0.3 is 5.32 Å². The molecule has 1 aliphatic rings.